The highest BCUT2D eigenvalue weighted by Gasteiger charge is 2.45. The molecule has 17 heteroatoms. The molecule has 0 bridgehead atoms. The first-order valence-electron chi connectivity index (χ1n) is 8.90. The third kappa shape index (κ3) is 5.33. The Morgan fingerprint density at radius 3 is 2.47 bits per heavy atom. The molecule has 1 atom stereocenters. The van der Waals surface area contributed by atoms with E-state index < -0.39 is 62.0 Å². The van der Waals surface area contributed by atoms with Gasteiger partial charge < -0.3 is 20.0 Å². The maximum atomic E-state index is 13.0. The molecule has 0 aliphatic heterocycles. The number of carbonyl (C=O) groups is 1. The molecule has 0 spiro atoms. The van der Waals surface area contributed by atoms with Gasteiger partial charge in [0.2, 0.25) is 0 Å². The van der Waals surface area contributed by atoms with Crippen LogP contribution in [0.1, 0.15) is 5.69 Å². The van der Waals surface area contributed by atoms with E-state index in [0.29, 0.717) is 11.3 Å². The lowest BCUT2D eigenvalue weighted by atomic mass is 10.1. The van der Waals surface area contributed by atoms with Crippen LogP contribution in [-0.4, -0.2) is 64.5 Å². The minimum atomic E-state index is -5.56. The second-order valence-corrected chi connectivity index (χ2v) is 9.76. The van der Waals surface area contributed by atoms with Crippen LogP contribution in [0.2, 0.25) is 0 Å². The number of aliphatic hydroxyl groups excluding tert-OH is 2. The van der Waals surface area contributed by atoms with Gasteiger partial charge in [0.05, 0.1) is 19.3 Å². The fourth-order valence-corrected chi connectivity index (χ4v) is 5.35. The lowest BCUT2D eigenvalue weighted by Crippen LogP contribution is -2.43. The average molecular weight is 533 g/mol. The highest BCUT2D eigenvalue weighted by Crippen LogP contribution is 2.38. The molecule has 0 saturated heterocycles. The second kappa shape index (κ2) is 9.14. The van der Waals surface area contributed by atoms with Crippen LogP contribution in [-0.2, 0) is 25.8 Å². The molecule has 3 heterocycles. The topological polar surface area (TPSA) is 133 Å². The van der Waals surface area contributed by atoms with Gasteiger partial charge in [0.25, 0.3) is 10.0 Å². The first-order valence-corrected chi connectivity index (χ1v) is 11.2. The summed E-state index contributed by atoms with van der Waals surface area (Å²) >= 11 is 0.453. The van der Waals surface area contributed by atoms with Crippen molar-refractivity contribution in [3.05, 3.63) is 36.2 Å². The fraction of sp³-hybridized carbons (Fsp3) is 0.294. The first-order chi connectivity index (χ1) is 15.6. The quantitative estimate of drug-likeness (QED) is 0.314. The summed E-state index contributed by atoms with van der Waals surface area (Å²) in [4.78, 5) is 21.1. The lowest BCUT2D eigenvalue weighted by molar-refractivity contribution is -0.224. The number of aromatic amines is 1. The van der Waals surface area contributed by atoms with E-state index in [9.17, 15) is 44.7 Å². The van der Waals surface area contributed by atoms with E-state index in [-0.39, 0.29) is 21.5 Å². The number of alkyl halides is 6. The van der Waals surface area contributed by atoms with Gasteiger partial charge in [-0.1, -0.05) is 0 Å². The molecule has 0 amide bonds. The van der Waals surface area contributed by atoms with Crippen molar-refractivity contribution in [2.75, 3.05) is 13.2 Å². The Balaban J connectivity index is 2.01. The van der Waals surface area contributed by atoms with Crippen molar-refractivity contribution in [1.29, 1.82) is 0 Å². The van der Waals surface area contributed by atoms with Gasteiger partial charge in [-0.2, -0.15) is 26.3 Å². The highest BCUT2D eigenvalue weighted by atomic mass is 32.2. The number of hydrogen-bond acceptors (Lipinski definition) is 8. The molecular formula is C17H13F6N3O6S2. The Morgan fingerprint density at radius 1 is 1.21 bits per heavy atom. The van der Waals surface area contributed by atoms with Crippen LogP contribution in [0.5, 0.6) is 0 Å². The van der Waals surface area contributed by atoms with E-state index in [2.05, 4.69) is 14.8 Å². The maximum absolute atomic E-state index is 13.0. The van der Waals surface area contributed by atoms with Gasteiger partial charge >= 0.3 is 18.3 Å². The van der Waals surface area contributed by atoms with E-state index in [0.717, 1.165) is 18.3 Å². The van der Waals surface area contributed by atoms with Crippen molar-refractivity contribution in [1.82, 2.24) is 14.4 Å². The molecule has 0 saturated carbocycles. The molecule has 0 radical (unpaired) electrons. The number of nitrogens with zero attached hydrogens (tertiary/aromatic N) is 2. The summed E-state index contributed by atoms with van der Waals surface area (Å²) in [7, 11) is -4.99. The number of aromatic nitrogens is 2. The van der Waals surface area contributed by atoms with Crippen molar-refractivity contribution in [2.24, 2.45) is 0 Å². The van der Waals surface area contributed by atoms with E-state index in [1.165, 1.54) is 12.1 Å². The molecule has 0 aliphatic rings. The Kier molecular flexibility index (Phi) is 6.96. The highest BCUT2D eigenvalue weighted by molar-refractivity contribution is 7.91. The van der Waals surface area contributed by atoms with Crippen LogP contribution in [0, 0.1) is 0 Å². The molecule has 9 nitrogen and oxygen atoms in total. The van der Waals surface area contributed by atoms with Crippen LogP contribution in [0.25, 0.3) is 21.5 Å². The molecule has 3 aromatic heterocycles. The number of aliphatic hydroxyl groups is 2. The number of sulfonamides is 1. The Labute approximate surface area is 190 Å². The van der Waals surface area contributed by atoms with Gasteiger partial charge in [0.15, 0.2) is 0 Å². The third-order valence-corrected chi connectivity index (χ3v) is 7.39. The van der Waals surface area contributed by atoms with E-state index in [4.69, 9.17) is 5.11 Å². The van der Waals surface area contributed by atoms with E-state index in [1.807, 2.05) is 0 Å². The number of pyridine rings is 1. The summed E-state index contributed by atoms with van der Waals surface area (Å²) < 4.78 is 101. The second-order valence-electron chi connectivity index (χ2n) is 6.62. The normalized spacial score (nSPS) is 14.0. The van der Waals surface area contributed by atoms with Crippen molar-refractivity contribution < 1.29 is 54.6 Å². The molecule has 3 N–H and O–H groups in total. The number of halogens is 6. The number of fused-ring (bicyclic) bond motifs is 1. The van der Waals surface area contributed by atoms with Crippen LogP contribution in [0.3, 0.4) is 0 Å². The summed E-state index contributed by atoms with van der Waals surface area (Å²) in [6.07, 6.45) is -11.0. The number of H-pyrrole nitrogens is 1. The van der Waals surface area contributed by atoms with E-state index >= 15 is 0 Å². The number of nitrogens with one attached hydrogen (secondary N) is 1. The zero-order valence-electron chi connectivity index (χ0n) is 16.4. The summed E-state index contributed by atoms with van der Waals surface area (Å²) in [5.74, 6) is -2.89. The zero-order valence-corrected chi connectivity index (χ0v) is 18.0. The summed E-state index contributed by atoms with van der Waals surface area (Å²) in [6.45, 7) is -2.28. The molecule has 3 aromatic rings. The third-order valence-electron chi connectivity index (χ3n) is 4.19. The molecule has 1 unspecified atom stereocenters. The summed E-state index contributed by atoms with van der Waals surface area (Å²) in [5, 5.41) is 18.4. The van der Waals surface area contributed by atoms with Gasteiger partial charge in [-0.15, -0.1) is 11.3 Å². The fourth-order valence-electron chi connectivity index (χ4n) is 2.66. The molecule has 0 aromatic carbocycles. The predicted molar refractivity (Wildman–Crippen MR) is 104 cm³/mol. The number of thiophene rings is 1. The average Bonchev–Trinajstić information content (AvgIpc) is 3.39. The van der Waals surface area contributed by atoms with Gasteiger partial charge in [-0.25, -0.2) is 18.2 Å². The predicted octanol–water partition coefficient (Wildman–Crippen LogP) is 2.67. The monoisotopic (exact) mass is 533 g/mol. The van der Waals surface area contributed by atoms with Crippen LogP contribution in [0.4, 0.5) is 26.3 Å². The maximum Gasteiger partial charge on any atom is 0.492 e. The molecule has 186 valence electrons. The Bertz CT molecular complexity index is 1300. The molecule has 0 fully saturated rings. The van der Waals surface area contributed by atoms with Gasteiger partial charge in [-0.05, 0) is 28.7 Å². The number of carbonyl (C=O) groups excluding carboxylic acids is 1. The Hall–Kier alpha value is -2.73. The lowest BCUT2D eigenvalue weighted by Gasteiger charge is -2.22. The largest absolute Gasteiger partial charge is 0.492 e. The van der Waals surface area contributed by atoms with Gasteiger partial charge in [0, 0.05) is 22.0 Å². The van der Waals surface area contributed by atoms with E-state index in [1.54, 1.807) is 0 Å². The number of hydroxylamine groups is 1. The number of rotatable bonds is 7. The molecule has 3 rings (SSSR count). The van der Waals surface area contributed by atoms with Gasteiger partial charge in [0.1, 0.15) is 15.6 Å². The van der Waals surface area contributed by atoms with Gasteiger partial charge in [-0.3, -0.25) is 0 Å². The number of hydrogen-bond donors (Lipinski definition) is 3. The summed E-state index contributed by atoms with van der Waals surface area (Å²) in [5.41, 5.74) is -1.11. The minimum Gasteiger partial charge on any atom is -0.394 e. The van der Waals surface area contributed by atoms with Crippen molar-refractivity contribution >= 4 is 38.4 Å². The SMILES string of the molecule is O=C(ON(CC(O)CO)S(=O)(=O)c1ccc(-c2ccnc3[nH]c(C(F)(F)F)cc23)s1)C(F)(F)F. The minimum absolute atomic E-state index is 0.00307. The molecule has 0 aliphatic carbocycles. The van der Waals surface area contributed by atoms with Crippen molar-refractivity contribution in [2.45, 2.75) is 22.7 Å². The smallest absolute Gasteiger partial charge is 0.394 e. The summed E-state index contributed by atoms with van der Waals surface area (Å²) in [6, 6.07) is 4.17. The zero-order chi connectivity index (χ0) is 25.5. The van der Waals surface area contributed by atoms with Crippen LogP contribution in [0.15, 0.2) is 34.7 Å². The molecular weight excluding hydrogens is 520 g/mol. The van der Waals surface area contributed by atoms with Crippen LogP contribution < -0.4 is 0 Å². The van der Waals surface area contributed by atoms with Crippen molar-refractivity contribution in [3.8, 4) is 10.4 Å². The Morgan fingerprint density at radius 2 is 1.88 bits per heavy atom. The molecule has 34 heavy (non-hydrogen) atoms. The standard InChI is InChI=1S/C17H13F6N3O6S2/c18-16(19,20)12-5-10-9(3-4-24-14(10)25-12)11-1-2-13(33-11)34(30,31)26(6-8(28)7-27)32-15(29)17(21,22)23/h1-5,8,27-28H,6-7H2,(H,24,25). The first kappa shape index (κ1) is 25.9. The van der Waals surface area contributed by atoms with Crippen LogP contribution >= 0.6 is 11.3 Å². The van der Waals surface area contributed by atoms with Crippen molar-refractivity contribution in [3.63, 3.8) is 0 Å².